The van der Waals surface area contributed by atoms with Crippen molar-refractivity contribution in [1.82, 2.24) is 14.3 Å². The van der Waals surface area contributed by atoms with Gasteiger partial charge in [0.1, 0.15) is 0 Å². The van der Waals surface area contributed by atoms with Crippen molar-refractivity contribution < 1.29 is 5.11 Å². The zero-order valence-corrected chi connectivity index (χ0v) is 10.5. The van der Waals surface area contributed by atoms with Gasteiger partial charge >= 0.3 is 0 Å². The van der Waals surface area contributed by atoms with Crippen LogP contribution in [-0.4, -0.2) is 19.5 Å². The predicted molar refractivity (Wildman–Crippen MR) is 66.5 cm³/mol. The van der Waals surface area contributed by atoms with Crippen LogP contribution in [0, 0.1) is 5.92 Å². The van der Waals surface area contributed by atoms with Crippen LogP contribution < -0.4 is 0 Å². The molecule has 2 rings (SSSR count). The topological polar surface area (TPSA) is 43.0 Å². The lowest BCUT2D eigenvalue weighted by molar-refractivity contribution is 0.127. The summed E-state index contributed by atoms with van der Waals surface area (Å²) in [6.45, 7) is 4.82. The van der Waals surface area contributed by atoms with Gasteiger partial charge in [0.05, 0.1) is 18.8 Å². The second-order valence-corrected chi connectivity index (χ2v) is 4.83. The van der Waals surface area contributed by atoms with E-state index in [9.17, 15) is 5.11 Å². The van der Waals surface area contributed by atoms with E-state index in [4.69, 9.17) is 0 Å². The Morgan fingerprint density at radius 1 is 1.35 bits per heavy atom. The third-order valence-electron chi connectivity index (χ3n) is 2.87. The monoisotopic (exact) mass is 233 g/mol. The second-order valence-electron chi connectivity index (χ2n) is 4.83. The van der Waals surface area contributed by atoms with Gasteiger partial charge in [-0.25, -0.2) is 0 Å². The summed E-state index contributed by atoms with van der Waals surface area (Å²) < 4.78 is 3.86. The van der Waals surface area contributed by atoms with Crippen molar-refractivity contribution in [3.05, 3.63) is 42.0 Å². The lowest BCUT2D eigenvalue weighted by Gasteiger charge is -2.12. The summed E-state index contributed by atoms with van der Waals surface area (Å²) in [6, 6.07) is 1.97. The van der Waals surface area contributed by atoms with Gasteiger partial charge in [0.15, 0.2) is 0 Å². The zero-order valence-electron chi connectivity index (χ0n) is 10.5. The molecule has 0 fully saturated rings. The summed E-state index contributed by atoms with van der Waals surface area (Å²) in [6.07, 6.45) is 7.47. The van der Waals surface area contributed by atoms with E-state index in [1.165, 1.54) is 0 Å². The second kappa shape index (κ2) is 4.75. The van der Waals surface area contributed by atoms with Crippen molar-refractivity contribution in [2.75, 3.05) is 0 Å². The van der Waals surface area contributed by atoms with Crippen LogP contribution in [0.3, 0.4) is 0 Å². The minimum Gasteiger partial charge on any atom is -0.388 e. The highest BCUT2D eigenvalue weighted by molar-refractivity contribution is 5.16. The summed E-state index contributed by atoms with van der Waals surface area (Å²) in [7, 11) is 1.91. The Balaban J connectivity index is 2.08. The molecule has 0 saturated heterocycles. The van der Waals surface area contributed by atoms with Gasteiger partial charge in [0, 0.05) is 31.2 Å². The molecule has 4 nitrogen and oxygen atoms in total. The summed E-state index contributed by atoms with van der Waals surface area (Å²) in [4.78, 5) is 0. The number of rotatable bonds is 4. The summed E-state index contributed by atoms with van der Waals surface area (Å²) in [5, 5.41) is 14.1. The van der Waals surface area contributed by atoms with E-state index in [0.717, 1.165) is 17.7 Å². The van der Waals surface area contributed by atoms with Gasteiger partial charge in [-0.15, -0.1) is 0 Å². The first-order chi connectivity index (χ1) is 8.06. The largest absolute Gasteiger partial charge is 0.388 e. The molecule has 2 aromatic heterocycles. The van der Waals surface area contributed by atoms with Crippen molar-refractivity contribution >= 4 is 0 Å². The Morgan fingerprint density at radius 3 is 2.71 bits per heavy atom. The smallest absolute Gasteiger partial charge is 0.0827 e. The normalized spacial score (nSPS) is 13.2. The van der Waals surface area contributed by atoms with Gasteiger partial charge in [-0.3, -0.25) is 4.68 Å². The van der Waals surface area contributed by atoms with Gasteiger partial charge in [0.25, 0.3) is 0 Å². The minimum atomic E-state index is -0.384. The number of hydrogen-bond donors (Lipinski definition) is 1. The number of aliphatic hydroxyl groups is 1. The number of aromatic nitrogens is 3. The Bertz CT molecular complexity index is 484. The summed E-state index contributed by atoms with van der Waals surface area (Å²) in [5.41, 5.74) is 2.14. The lowest BCUT2D eigenvalue weighted by Crippen LogP contribution is -2.04. The van der Waals surface area contributed by atoms with Gasteiger partial charge in [0.2, 0.25) is 0 Å². The molecule has 0 aliphatic carbocycles. The fraction of sp³-hybridized carbons (Fsp3) is 0.462. The van der Waals surface area contributed by atoms with Crippen molar-refractivity contribution in [3.8, 4) is 0 Å². The molecule has 1 unspecified atom stereocenters. The van der Waals surface area contributed by atoms with E-state index in [1.54, 1.807) is 4.68 Å². The third-order valence-corrected chi connectivity index (χ3v) is 2.87. The fourth-order valence-electron chi connectivity index (χ4n) is 1.88. The van der Waals surface area contributed by atoms with Crippen LogP contribution in [0.5, 0.6) is 0 Å². The minimum absolute atomic E-state index is 0.240. The maximum atomic E-state index is 9.95. The van der Waals surface area contributed by atoms with E-state index < -0.39 is 0 Å². The first-order valence-electron chi connectivity index (χ1n) is 5.87. The summed E-state index contributed by atoms with van der Waals surface area (Å²) >= 11 is 0. The Hall–Kier alpha value is -1.55. The van der Waals surface area contributed by atoms with Gasteiger partial charge < -0.3 is 9.67 Å². The number of hydrogen-bond acceptors (Lipinski definition) is 2. The Labute approximate surface area is 101 Å². The molecule has 17 heavy (non-hydrogen) atoms. The summed E-state index contributed by atoms with van der Waals surface area (Å²) in [5.74, 6) is 0.240. The molecular formula is C13H19N3O. The van der Waals surface area contributed by atoms with Crippen LogP contribution in [0.25, 0.3) is 0 Å². The molecule has 1 atom stereocenters. The van der Waals surface area contributed by atoms with E-state index in [-0.39, 0.29) is 12.0 Å². The highest BCUT2D eigenvalue weighted by Gasteiger charge is 2.13. The molecule has 4 heteroatoms. The molecular weight excluding hydrogens is 214 g/mol. The third kappa shape index (κ3) is 2.77. The molecule has 0 amide bonds. The van der Waals surface area contributed by atoms with Crippen molar-refractivity contribution in [3.63, 3.8) is 0 Å². The lowest BCUT2D eigenvalue weighted by atomic mass is 10.0. The molecule has 2 aromatic rings. The molecule has 1 N–H and O–H groups in total. The molecule has 0 radical (unpaired) electrons. The predicted octanol–water partition coefficient (Wildman–Crippen LogP) is 1.96. The molecule has 0 bridgehead atoms. The molecule has 0 spiro atoms. The van der Waals surface area contributed by atoms with E-state index in [1.807, 2.05) is 51.7 Å². The fourth-order valence-corrected chi connectivity index (χ4v) is 1.88. The van der Waals surface area contributed by atoms with Crippen molar-refractivity contribution in [2.24, 2.45) is 13.0 Å². The molecule has 2 heterocycles. The molecule has 0 saturated carbocycles. The SMILES string of the molecule is CC(C)C(O)c1ccn(Cc2cnn(C)c2)c1. The van der Waals surface area contributed by atoms with Crippen LogP contribution >= 0.6 is 0 Å². The van der Waals surface area contributed by atoms with E-state index in [2.05, 4.69) is 9.67 Å². The van der Waals surface area contributed by atoms with Gasteiger partial charge in [-0.1, -0.05) is 13.8 Å². The molecule has 0 aliphatic heterocycles. The van der Waals surface area contributed by atoms with Crippen LogP contribution in [0.4, 0.5) is 0 Å². The van der Waals surface area contributed by atoms with Crippen molar-refractivity contribution in [2.45, 2.75) is 26.5 Å². The molecule has 92 valence electrons. The number of aliphatic hydroxyl groups excluding tert-OH is 1. The van der Waals surface area contributed by atoms with Crippen LogP contribution in [0.2, 0.25) is 0 Å². The van der Waals surface area contributed by atoms with Crippen molar-refractivity contribution in [1.29, 1.82) is 0 Å². The maximum Gasteiger partial charge on any atom is 0.0827 e. The Kier molecular flexibility index (Phi) is 3.33. The van der Waals surface area contributed by atoms with Gasteiger partial charge in [-0.2, -0.15) is 5.10 Å². The highest BCUT2D eigenvalue weighted by atomic mass is 16.3. The maximum absolute atomic E-state index is 9.95. The quantitative estimate of drug-likeness (QED) is 0.877. The molecule has 0 aromatic carbocycles. The Morgan fingerprint density at radius 2 is 2.12 bits per heavy atom. The standard InChI is InChI=1S/C13H19N3O/c1-10(2)13(17)12-4-5-16(9-12)8-11-6-14-15(3)7-11/h4-7,9-10,13,17H,8H2,1-3H3. The van der Waals surface area contributed by atoms with Crippen LogP contribution in [0.1, 0.15) is 31.1 Å². The molecule has 0 aliphatic rings. The van der Waals surface area contributed by atoms with Crippen LogP contribution in [-0.2, 0) is 13.6 Å². The highest BCUT2D eigenvalue weighted by Crippen LogP contribution is 2.21. The number of nitrogens with zero attached hydrogens (tertiary/aromatic N) is 3. The van der Waals surface area contributed by atoms with Crippen LogP contribution in [0.15, 0.2) is 30.9 Å². The first-order valence-corrected chi connectivity index (χ1v) is 5.87. The van der Waals surface area contributed by atoms with Gasteiger partial charge in [-0.05, 0) is 17.5 Å². The van der Waals surface area contributed by atoms with E-state index in [0.29, 0.717) is 0 Å². The average Bonchev–Trinajstić information content (AvgIpc) is 2.87. The van der Waals surface area contributed by atoms with E-state index >= 15 is 0 Å². The average molecular weight is 233 g/mol. The zero-order chi connectivity index (χ0) is 12.4. The number of aryl methyl sites for hydroxylation is 1. The first kappa shape index (κ1) is 11.9.